The third kappa shape index (κ3) is 5.95. The zero-order valence-corrected chi connectivity index (χ0v) is 10.6. The summed E-state index contributed by atoms with van der Waals surface area (Å²) in [6.45, 7) is 2.55. The predicted molar refractivity (Wildman–Crippen MR) is 67.0 cm³/mol. The smallest absolute Gasteiger partial charge is 0.313 e. The monoisotopic (exact) mass is 248 g/mol. The fraction of sp³-hybridized carbons (Fsp3) is 0.818. The van der Waals surface area contributed by atoms with Gasteiger partial charge in [-0.15, -0.1) is 12.4 Å². The van der Waals surface area contributed by atoms with Gasteiger partial charge in [-0.2, -0.15) is 0 Å². The second kappa shape index (κ2) is 8.39. The molecule has 4 nitrogen and oxygen atoms in total. The first-order chi connectivity index (χ1) is 7.22. The summed E-state index contributed by atoms with van der Waals surface area (Å²) in [5.41, 5.74) is 5.64. The standard InChI is InChI=1S/C11H20N2O2.ClH/c1-2-3-7-15-11(14)8-10(12)13-9-5-4-6-9;/h9H,2-8H2,1H3,(H2,12,13);1H. The quantitative estimate of drug-likeness (QED) is 0.339. The van der Waals surface area contributed by atoms with Crippen LogP contribution in [0.1, 0.15) is 45.4 Å². The van der Waals surface area contributed by atoms with Crippen LogP contribution in [0.25, 0.3) is 0 Å². The largest absolute Gasteiger partial charge is 0.465 e. The van der Waals surface area contributed by atoms with Crippen molar-refractivity contribution in [2.45, 2.75) is 51.5 Å². The Morgan fingerprint density at radius 1 is 1.50 bits per heavy atom. The van der Waals surface area contributed by atoms with Crippen LogP contribution >= 0.6 is 12.4 Å². The van der Waals surface area contributed by atoms with Gasteiger partial charge in [0.15, 0.2) is 0 Å². The predicted octanol–water partition coefficient (Wildman–Crippen LogP) is 2.05. The SMILES string of the molecule is CCCCOC(=O)CC(N)=NC1CCC1.Cl. The number of nitrogens with two attached hydrogens (primary N) is 1. The zero-order valence-electron chi connectivity index (χ0n) is 9.78. The van der Waals surface area contributed by atoms with Crippen LogP contribution in [0.3, 0.4) is 0 Å². The summed E-state index contributed by atoms with van der Waals surface area (Å²) in [4.78, 5) is 15.5. The van der Waals surface area contributed by atoms with Crippen LogP contribution in [0.2, 0.25) is 0 Å². The van der Waals surface area contributed by atoms with Gasteiger partial charge in [0.1, 0.15) is 12.3 Å². The highest BCUT2D eigenvalue weighted by Crippen LogP contribution is 2.21. The minimum atomic E-state index is -0.260. The number of hydrogen-bond acceptors (Lipinski definition) is 3. The number of halogens is 1. The Kier molecular flexibility index (Phi) is 7.99. The van der Waals surface area contributed by atoms with Gasteiger partial charge in [0.05, 0.1) is 12.6 Å². The molecule has 1 fully saturated rings. The van der Waals surface area contributed by atoms with Gasteiger partial charge in [-0.05, 0) is 25.7 Å². The molecule has 0 heterocycles. The second-order valence-corrected chi connectivity index (χ2v) is 3.96. The summed E-state index contributed by atoms with van der Waals surface area (Å²) < 4.78 is 4.99. The van der Waals surface area contributed by atoms with Crippen LogP contribution in [0.5, 0.6) is 0 Å². The molecule has 0 aromatic carbocycles. The molecule has 1 aliphatic rings. The second-order valence-electron chi connectivity index (χ2n) is 3.96. The molecule has 1 aliphatic carbocycles. The molecule has 1 saturated carbocycles. The zero-order chi connectivity index (χ0) is 11.1. The van der Waals surface area contributed by atoms with E-state index in [-0.39, 0.29) is 24.8 Å². The van der Waals surface area contributed by atoms with E-state index >= 15 is 0 Å². The molecule has 0 aliphatic heterocycles. The van der Waals surface area contributed by atoms with Crippen LogP contribution in [0, 0.1) is 0 Å². The molecule has 2 N–H and O–H groups in total. The third-order valence-corrected chi connectivity index (χ3v) is 2.51. The van der Waals surface area contributed by atoms with Crippen molar-refractivity contribution in [3.05, 3.63) is 0 Å². The lowest BCUT2D eigenvalue weighted by Crippen LogP contribution is -2.24. The Labute approximate surface area is 103 Å². The summed E-state index contributed by atoms with van der Waals surface area (Å²) in [7, 11) is 0. The van der Waals surface area contributed by atoms with Gasteiger partial charge in [-0.3, -0.25) is 9.79 Å². The summed E-state index contributed by atoms with van der Waals surface area (Å²) in [6.07, 6.45) is 5.50. The summed E-state index contributed by atoms with van der Waals surface area (Å²) in [6, 6.07) is 0.355. The Morgan fingerprint density at radius 3 is 2.69 bits per heavy atom. The van der Waals surface area contributed by atoms with E-state index in [4.69, 9.17) is 10.5 Å². The maximum Gasteiger partial charge on any atom is 0.313 e. The Hall–Kier alpha value is -0.770. The highest BCUT2D eigenvalue weighted by molar-refractivity contribution is 5.96. The maximum absolute atomic E-state index is 11.2. The molecular weight excluding hydrogens is 228 g/mol. The van der Waals surface area contributed by atoms with E-state index in [2.05, 4.69) is 11.9 Å². The fourth-order valence-electron chi connectivity index (χ4n) is 1.33. The minimum absolute atomic E-state index is 0. The van der Waals surface area contributed by atoms with E-state index in [9.17, 15) is 4.79 Å². The third-order valence-electron chi connectivity index (χ3n) is 2.51. The number of amidine groups is 1. The molecule has 94 valence electrons. The van der Waals surface area contributed by atoms with E-state index in [1.54, 1.807) is 0 Å². The van der Waals surface area contributed by atoms with E-state index in [1.165, 1.54) is 6.42 Å². The highest BCUT2D eigenvalue weighted by atomic mass is 35.5. The van der Waals surface area contributed by atoms with Crippen molar-refractivity contribution in [2.75, 3.05) is 6.61 Å². The summed E-state index contributed by atoms with van der Waals surface area (Å²) in [5.74, 6) is 0.158. The molecule has 0 amide bonds. The number of unbranched alkanes of at least 4 members (excludes halogenated alkanes) is 1. The van der Waals surface area contributed by atoms with Gasteiger partial charge >= 0.3 is 5.97 Å². The van der Waals surface area contributed by atoms with E-state index in [1.807, 2.05) is 0 Å². The topological polar surface area (TPSA) is 64.7 Å². The maximum atomic E-state index is 11.2. The van der Waals surface area contributed by atoms with Crippen molar-refractivity contribution in [2.24, 2.45) is 10.7 Å². The van der Waals surface area contributed by atoms with Crippen LogP contribution in [-0.2, 0) is 9.53 Å². The van der Waals surface area contributed by atoms with Gasteiger partial charge in [0.25, 0.3) is 0 Å². The molecule has 0 bridgehead atoms. The molecule has 0 aromatic rings. The van der Waals surface area contributed by atoms with Gasteiger partial charge in [-0.25, -0.2) is 0 Å². The highest BCUT2D eigenvalue weighted by Gasteiger charge is 2.17. The first-order valence-corrected chi connectivity index (χ1v) is 5.70. The van der Waals surface area contributed by atoms with Crippen LogP contribution < -0.4 is 5.73 Å². The number of ether oxygens (including phenoxy) is 1. The first-order valence-electron chi connectivity index (χ1n) is 5.70. The van der Waals surface area contributed by atoms with Crippen LogP contribution in [0.15, 0.2) is 4.99 Å². The molecule has 0 atom stereocenters. The average Bonchev–Trinajstić information content (AvgIpc) is 2.12. The molecular formula is C11H21ClN2O2. The molecule has 0 radical (unpaired) electrons. The number of hydrogen-bond donors (Lipinski definition) is 1. The van der Waals surface area contributed by atoms with Gasteiger partial charge in [-0.1, -0.05) is 13.3 Å². The van der Waals surface area contributed by atoms with Crippen molar-refractivity contribution < 1.29 is 9.53 Å². The first kappa shape index (κ1) is 15.2. The lowest BCUT2D eigenvalue weighted by Gasteiger charge is -2.21. The number of nitrogens with zero attached hydrogens (tertiary/aromatic N) is 1. The Morgan fingerprint density at radius 2 is 2.19 bits per heavy atom. The normalized spacial score (nSPS) is 16.2. The molecule has 0 aromatic heterocycles. The fourth-order valence-corrected chi connectivity index (χ4v) is 1.33. The number of esters is 1. The number of carbonyl (C=O) groups is 1. The molecule has 16 heavy (non-hydrogen) atoms. The minimum Gasteiger partial charge on any atom is -0.465 e. The van der Waals surface area contributed by atoms with Gasteiger partial charge in [0.2, 0.25) is 0 Å². The van der Waals surface area contributed by atoms with Gasteiger partial charge < -0.3 is 10.5 Å². The lowest BCUT2D eigenvalue weighted by atomic mass is 9.94. The van der Waals surface area contributed by atoms with Gasteiger partial charge in [0, 0.05) is 0 Å². The van der Waals surface area contributed by atoms with E-state index in [0.29, 0.717) is 18.5 Å². The summed E-state index contributed by atoms with van der Waals surface area (Å²) in [5, 5.41) is 0. The summed E-state index contributed by atoms with van der Waals surface area (Å²) >= 11 is 0. The van der Waals surface area contributed by atoms with E-state index < -0.39 is 0 Å². The van der Waals surface area contributed by atoms with Crippen molar-refractivity contribution in [3.63, 3.8) is 0 Å². The molecule has 0 unspecified atom stereocenters. The molecule has 0 saturated heterocycles. The van der Waals surface area contributed by atoms with Crippen LogP contribution in [0.4, 0.5) is 0 Å². The number of carbonyl (C=O) groups excluding carboxylic acids is 1. The van der Waals surface area contributed by atoms with Crippen molar-refractivity contribution in [3.8, 4) is 0 Å². The van der Waals surface area contributed by atoms with Crippen molar-refractivity contribution in [1.82, 2.24) is 0 Å². The number of aliphatic imine (C=N–C) groups is 1. The Balaban J connectivity index is 0.00000225. The molecule has 1 rings (SSSR count). The van der Waals surface area contributed by atoms with Crippen molar-refractivity contribution in [1.29, 1.82) is 0 Å². The number of rotatable bonds is 6. The Bertz CT molecular complexity index is 240. The molecule has 0 spiro atoms. The van der Waals surface area contributed by atoms with Crippen molar-refractivity contribution >= 4 is 24.2 Å². The van der Waals surface area contributed by atoms with E-state index in [0.717, 1.165) is 25.7 Å². The lowest BCUT2D eigenvalue weighted by molar-refractivity contribution is -0.142. The van der Waals surface area contributed by atoms with Crippen LogP contribution in [-0.4, -0.2) is 24.5 Å². The molecule has 5 heteroatoms. The average molecular weight is 249 g/mol.